The molecule has 1 heterocycles. The third-order valence-electron chi connectivity index (χ3n) is 1.19. The number of rotatable bonds is 1. The van der Waals surface area contributed by atoms with Gasteiger partial charge in [0.2, 0.25) is 0 Å². The normalized spacial score (nSPS) is 8.92. The van der Waals surface area contributed by atoms with Crippen molar-refractivity contribution in [3.05, 3.63) is 27.9 Å². The lowest BCUT2D eigenvalue weighted by atomic mass is 10.3. The topological polar surface area (TPSA) is 106 Å². The van der Waals surface area contributed by atoms with Gasteiger partial charge >= 0.3 is 5.82 Å². The second kappa shape index (κ2) is 2.84. The first-order valence-corrected chi connectivity index (χ1v) is 2.96. The Hall–Kier alpha value is -2.16. The Bertz CT molecular complexity index is 368. The fraction of sp³-hybridized carbons (Fsp3) is 0. The van der Waals surface area contributed by atoms with Gasteiger partial charge in [-0.3, -0.25) is 0 Å². The van der Waals surface area contributed by atoms with Gasteiger partial charge in [-0.1, -0.05) is 0 Å². The number of hydrogen-bond donors (Lipinski definition) is 1. The molecule has 6 heteroatoms. The second-order valence-electron chi connectivity index (χ2n) is 1.98. The molecule has 1 aromatic heterocycles. The summed E-state index contributed by atoms with van der Waals surface area (Å²) >= 11 is 0. The third-order valence-corrected chi connectivity index (χ3v) is 1.19. The van der Waals surface area contributed by atoms with E-state index in [0.717, 1.165) is 0 Å². The summed E-state index contributed by atoms with van der Waals surface area (Å²) in [6.07, 6.45) is 0. The zero-order valence-electron chi connectivity index (χ0n) is 5.89. The van der Waals surface area contributed by atoms with Gasteiger partial charge in [0, 0.05) is 6.07 Å². The van der Waals surface area contributed by atoms with E-state index >= 15 is 0 Å². The van der Waals surface area contributed by atoms with Crippen LogP contribution in [-0.4, -0.2) is 9.91 Å². The maximum absolute atomic E-state index is 10.2. The number of nitriles is 1. The first-order valence-electron chi connectivity index (χ1n) is 2.96. The molecule has 0 aliphatic carbocycles. The third kappa shape index (κ3) is 1.29. The van der Waals surface area contributed by atoms with Gasteiger partial charge in [0.1, 0.15) is 11.8 Å². The van der Waals surface area contributed by atoms with E-state index in [2.05, 4.69) is 4.98 Å². The van der Waals surface area contributed by atoms with Crippen LogP contribution in [0.25, 0.3) is 0 Å². The molecule has 0 aliphatic rings. The summed E-state index contributed by atoms with van der Waals surface area (Å²) < 4.78 is 0. The number of nitrogen functional groups attached to an aromatic ring is 1. The summed E-state index contributed by atoms with van der Waals surface area (Å²) in [5.74, 6) is -0.478. The molecule has 0 spiro atoms. The van der Waals surface area contributed by atoms with Crippen molar-refractivity contribution >= 4 is 11.5 Å². The average Bonchev–Trinajstić information content (AvgIpc) is 2.05. The van der Waals surface area contributed by atoms with Crippen LogP contribution in [-0.2, 0) is 0 Å². The molecule has 0 fully saturated rings. The molecular formula is C6H4N4O2. The van der Waals surface area contributed by atoms with Crippen LogP contribution in [0.5, 0.6) is 0 Å². The SMILES string of the molecule is N#Cc1ccc(N)c([N+](=O)[O-])n1. The van der Waals surface area contributed by atoms with Crippen LogP contribution in [0.4, 0.5) is 11.5 Å². The van der Waals surface area contributed by atoms with E-state index in [1.54, 1.807) is 6.07 Å². The molecule has 0 bridgehead atoms. The van der Waals surface area contributed by atoms with Crippen LogP contribution in [0, 0.1) is 21.4 Å². The molecule has 1 rings (SSSR count). The quantitative estimate of drug-likeness (QED) is 0.478. The molecule has 0 radical (unpaired) electrons. The molecular weight excluding hydrogens is 160 g/mol. The van der Waals surface area contributed by atoms with E-state index in [0.29, 0.717) is 0 Å². The zero-order chi connectivity index (χ0) is 9.14. The fourth-order valence-corrected chi connectivity index (χ4v) is 0.668. The Morgan fingerprint density at radius 3 is 2.83 bits per heavy atom. The molecule has 1 aromatic rings. The molecule has 0 unspecified atom stereocenters. The predicted octanol–water partition coefficient (Wildman–Crippen LogP) is 0.444. The minimum atomic E-state index is -0.726. The number of nitrogens with two attached hydrogens (primary N) is 1. The highest BCUT2D eigenvalue weighted by molar-refractivity contribution is 5.54. The maximum Gasteiger partial charge on any atom is 0.388 e. The van der Waals surface area contributed by atoms with E-state index in [4.69, 9.17) is 11.0 Å². The van der Waals surface area contributed by atoms with Gasteiger partial charge in [0.05, 0.1) is 0 Å². The average molecular weight is 164 g/mol. The van der Waals surface area contributed by atoms with E-state index < -0.39 is 10.7 Å². The van der Waals surface area contributed by atoms with E-state index in [-0.39, 0.29) is 11.4 Å². The zero-order valence-corrected chi connectivity index (χ0v) is 5.89. The minimum absolute atomic E-state index is 0.0177. The standard InChI is InChI=1S/C6H4N4O2/c7-3-4-1-2-5(8)6(9-4)10(11)12/h1-2H,8H2. The van der Waals surface area contributed by atoms with Gasteiger partial charge in [-0.05, 0) is 16.0 Å². The number of pyridine rings is 1. The second-order valence-corrected chi connectivity index (χ2v) is 1.98. The molecule has 0 amide bonds. The van der Waals surface area contributed by atoms with Gasteiger partial charge in [0.25, 0.3) is 5.69 Å². The lowest BCUT2D eigenvalue weighted by molar-refractivity contribution is -0.388. The molecule has 6 nitrogen and oxygen atoms in total. The van der Waals surface area contributed by atoms with Gasteiger partial charge < -0.3 is 15.8 Å². The summed E-state index contributed by atoms with van der Waals surface area (Å²) in [5, 5.41) is 18.6. The summed E-state index contributed by atoms with van der Waals surface area (Å²) in [7, 11) is 0. The van der Waals surface area contributed by atoms with Crippen LogP contribution in [0.15, 0.2) is 12.1 Å². The number of aromatic nitrogens is 1. The first-order chi connectivity index (χ1) is 5.65. The van der Waals surface area contributed by atoms with E-state index in [1.165, 1.54) is 12.1 Å². The van der Waals surface area contributed by atoms with Gasteiger partial charge in [0.15, 0.2) is 0 Å². The first kappa shape index (κ1) is 7.94. The molecule has 2 N–H and O–H groups in total. The lowest BCUT2D eigenvalue weighted by Gasteiger charge is -1.94. The van der Waals surface area contributed by atoms with E-state index in [9.17, 15) is 10.1 Å². The van der Waals surface area contributed by atoms with Gasteiger partial charge in [-0.25, -0.2) is 0 Å². The highest BCUT2D eigenvalue weighted by Crippen LogP contribution is 2.17. The lowest BCUT2D eigenvalue weighted by Crippen LogP contribution is -1.99. The molecule has 0 saturated heterocycles. The largest absolute Gasteiger partial charge is 0.392 e. The fourth-order valence-electron chi connectivity index (χ4n) is 0.668. The van der Waals surface area contributed by atoms with Crippen molar-refractivity contribution in [2.45, 2.75) is 0 Å². The van der Waals surface area contributed by atoms with Crippen LogP contribution in [0.2, 0.25) is 0 Å². The van der Waals surface area contributed by atoms with E-state index in [1.807, 2.05) is 0 Å². The molecule has 0 saturated carbocycles. The van der Waals surface area contributed by atoms with Crippen molar-refractivity contribution in [2.24, 2.45) is 0 Å². The Morgan fingerprint density at radius 1 is 1.67 bits per heavy atom. The van der Waals surface area contributed by atoms with Crippen molar-refractivity contribution in [2.75, 3.05) is 5.73 Å². The van der Waals surface area contributed by atoms with Crippen molar-refractivity contribution in [1.29, 1.82) is 5.26 Å². The van der Waals surface area contributed by atoms with Crippen LogP contribution in [0.3, 0.4) is 0 Å². The number of hydrogen-bond acceptors (Lipinski definition) is 5. The van der Waals surface area contributed by atoms with Crippen molar-refractivity contribution in [1.82, 2.24) is 4.98 Å². The van der Waals surface area contributed by atoms with Crippen molar-refractivity contribution in [3.63, 3.8) is 0 Å². The van der Waals surface area contributed by atoms with Gasteiger partial charge in [-0.2, -0.15) is 5.26 Å². The predicted molar refractivity (Wildman–Crippen MR) is 40.0 cm³/mol. The summed E-state index contributed by atoms with van der Waals surface area (Å²) in [6, 6.07) is 4.28. The highest BCUT2D eigenvalue weighted by atomic mass is 16.6. The summed E-state index contributed by atoms with van der Waals surface area (Å²) in [6.45, 7) is 0. The molecule has 0 aliphatic heterocycles. The van der Waals surface area contributed by atoms with Crippen LogP contribution >= 0.6 is 0 Å². The Morgan fingerprint density at radius 2 is 2.33 bits per heavy atom. The molecule has 0 aromatic carbocycles. The highest BCUT2D eigenvalue weighted by Gasteiger charge is 2.14. The van der Waals surface area contributed by atoms with Gasteiger partial charge in [-0.15, -0.1) is 0 Å². The van der Waals surface area contributed by atoms with Crippen molar-refractivity contribution < 1.29 is 4.92 Å². The Kier molecular flexibility index (Phi) is 1.88. The van der Waals surface area contributed by atoms with Crippen LogP contribution in [0.1, 0.15) is 5.69 Å². The number of nitro groups is 1. The molecule has 60 valence electrons. The summed E-state index contributed by atoms with van der Waals surface area (Å²) in [4.78, 5) is 12.9. The molecule has 0 atom stereocenters. The van der Waals surface area contributed by atoms with Crippen molar-refractivity contribution in [3.8, 4) is 6.07 Å². The monoisotopic (exact) mass is 164 g/mol. The Labute approximate surface area is 67.4 Å². The minimum Gasteiger partial charge on any atom is -0.392 e. The number of nitrogens with zero attached hydrogens (tertiary/aromatic N) is 3. The molecule has 12 heavy (non-hydrogen) atoms. The smallest absolute Gasteiger partial charge is 0.388 e. The summed E-state index contributed by atoms with van der Waals surface area (Å²) in [5.41, 5.74) is 5.17. The Balaban J connectivity index is 3.28. The van der Waals surface area contributed by atoms with Crippen LogP contribution < -0.4 is 5.73 Å². The maximum atomic E-state index is 10.2. The number of anilines is 1.